The Morgan fingerprint density at radius 2 is 2.10 bits per heavy atom. The Hall–Kier alpha value is -0.220. The molecule has 0 heterocycles. The lowest BCUT2D eigenvalue weighted by molar-refractivity contribution is -0.0344. The molecule has 0 saturated heterocycles. The smallest absolute Gasteiger partial charge is 0.262 e. The minimum Gasteiger partial charge on any atom is -0.380 e. The van der Waals surface area contributed by atoms with E-state index in [1.54, 1.807) is 6.92 Å². The Balaban J connectivity index is 3.52. The van der Waals surface area contributed by atoms with E-state index in [0.29, 0.717) is 6.61 Å². The first kappa shape index (κ1) is 9.78. The van der Waals surface area contributed by atoms with Gasteiger partial charge in [0.15, 0.2) is 0 Å². The van der Waals surface area contributed by atoms with E-state index in [9.17, 15) is 8.78 Å². The summed E-state index contributed by atoms with van der Waals surface area (Å²) in [6, 6.07) is -1.19. The first-order chi connectivity index (χ1) is 4.48. The van der Waals surface area contributed by atoms with Crippen LogP contribution in [0.3, 0.4) is 0 Å². The molecule has 0 aromatic heterocycles. The van der Waals surface area contributed by atoms with Crippen molar-refractivity contribution in [2.75, 3.05) is 13.2 Å². The van der Waals surface area contributed by atoms with Crippen LogP contribution in [0.2, 0.25) is 0 Å². The van der Waals surface area contributed by atoms with Gasteiger partial charge in [-0.3, -0.25) is 0 Å². The number of halogens is 2. The lowest BCUT2D eigenvalue weighted by Gasteiger charge is -2.18. The van der Waals surface area contributed by atoms with Crippen molar-refractivity contribution in [1.29, 1.82) is 0 Å². The highest BCUT2D eigenvalue weighted by atomic mass is 19.3. The van der Waals surface area contributed by atoms with Gasteiger partial charge in [-0.25, -0.2) is 8.78 Å². The zero-order valence-corrected chi connectivity index (χ0v) is 6.23. The average Bonchev–Trinajstić information content (AvgIpc) is 1.80. The summed E-state index contributed by atoms with van der Waals surface area (Å²) in [5, 5.41) is 0. The molecule has 0 aliphatic rings. The second-order valence-electron chi connectivity index (χ2n) is 2.22. The number of nitrogens with two attached hydrogens (primary N) is 1. The third-order valence-corrected chi connectivity index (χ3v) is 1.15. The summed E-state index contributed by atoms with van der Waals surface area (Å²) in [6.45, 7) is 2.86. The lowest BCUT2D eigenvalue weighted by atomic mass is 10.2. The van der Waals surface area contributed by atoms with Gasteiger partial charge in [0, 0.05) is 13.5 Å². The van der Waals surface area contributed by atoms with E-state index in [4.69, 9.17) is 10.5 Å². The van der Waals surface area contributed by atoms with Gasteiger partial charge in [-0.2, -0.15) is 0 Å². The molecule has 0 rings (SSSR count). The summed E-state index contributed by atoms with van der Waals surface area (Å²) >= 11 is 0. The Bertz CT molecular complexity index is 92.2. The van der Waals surface area contributed by atoms with Crippen molar-refractivity contribution in [1.82, 2.24) is 0 Å². The molecule has 0 aromatic carbocycles. The molecule has 1 unspecified atom stereocenters. The Labute approximate surface area is 59.3 Å². The van der Waals surface area contributed by atoms with Crippen LogP contribution in [0.1, 0.15) is 13.8 Å². The van der Waals surface area contributed by atoms with Crippen LogP contribution in [0.15, 0.2) is 0 Å². The van der Waals surface area contributed by atoms with Crippen molar-refractivity contribution >= 4 is 0 Å². The van der Waals surface area contributed by atoms with E-state index in [2.05, 4.69) is 0 Å². The van der Waals surface area contributed by atoms with Gasteiger partial charge in [-0.05, 0) is 6.92 Å². The quantitative estimate of drug-likeness (QED) is 0.654. The van der Waals surface area contributed by atoms with Crippen molar-refractivity contribution in [3.63, 3.8) is 0 Å². The van der Waals surface area contributed by atoms with Crippen LogP contribution in [0, 0.1) is 0 Å². The van der Waals surface area contributed by atoms with Crippen molar-refractivity contribution < 1.29 is 13.5 Å². The summed E-state index contributed by atoms with van der Waals surface area (Å²) in [5.41, 5.74) is 5.06. The van der Waals surface area contributed by atoms with E-state index in [1.807, 2.05) is 0 Å². The van der Waals surface area contributed by atoms with Gasteiger partial charge in [0.2, 0.25) is 0 Å². The van der Waals surface area contributed by atoms with Crippen molar-refractivity contribution in [3.8, 4) is 0 Å². The SMILES string of the molecule is CCOCC(N)C(C)(F)F. The van der Waals surface area contributed by atoms with Crippen LogP contribution in [0.5, 0.6) is 0 Å². The summed E-state index contributed by atoms with van der Waals surface area (Å²) < 4.78 is 29.2. The molecular weight excluding hydrogens is 140 g/mol. The first-order valence-corrected chi connectivity index (χ1v) is 3.19. The lowest BCUT2D eigenvalue weighted by Crippen LogP contribution is -2.42. The van der Waals surface area contributed by atoms with Gasteiger partial charge in [-0.15, -0.1) is 0 Å². The molecule has 0 aromatic rings. The molecule has 10 heavy (non-hydrogen) atoms. The maximum atomic E-state index is 12.2. The van der Waals surface area contributed by atoms with E-state index in [1.165, 1.54) is 0 Å². The van der Waals surface area contributed by atoms with Crippen molar-refractivity contribution in [3.05, 3.63) is 0 Å². The maximum Gasteiger partial charge on any atom is 0.262 e. The fourth-order valence-electron chi connectivity index (χ4n) is 0.391. The van der Waals surface area contributed by atoms with Crippen LogP contribution >= 0.6 is 0 Å². The number of hydrogen-bond donors (Lipinski definition) is 1. The molecular formula is C6H13F2NO. The number of rotatable bonds is 4. The van der Waals surface area contributed by atoms with Gasteiger partial charge in [0.25, 0.3) is 5.92 Å². The average molecular weight is 153 g/mol. The van der Waals surface area contributed by atoms with Crippen molar-refractivity contribution in [2.24, 2.45) is 5.73 Å². The van der Waals surface area contributed by atoms with Gasteiger partial charge in [0.05, 0.1) is 12.6 Å². The third-order valence-electron chi connectivity index (χ3n) is 1.15. The van der Waals surface area contributed by atoms with Crippen LogP contribution in [0.25, 0.3) is 0 Å². The normalized spacial score (nSPS) is 15.3. The van der Waals surface area contributed by atoms with Crippen LogP contribution < -0.4 is 5.73 Å². The zero-order chi connectivity index (χ0) is 8.20. The van der Waals surface area contributed by atoms with Gasteiger partial charge < -0.3 is 10.5 Å². The summed E-state index contributed by atoms with van der Waals surface area (Å²) in [4.78, 5) is 0. The molecule has 0 spiro atoms. The second-order valence-corrected chi connectivity index (χ2v) is 2.22. The van der Waals surface area contributed by atoms with E-state index >= 15 is 0 Å². The second kappa shape index (κ2) is 3.83. The van der Waals surface area contributed by atoms with Crippen LogP contribution in [-0.2, 0) is 4.74 Å². The van der Waals surface area contributed by atoms with Crippen molar-refractivity contribution in [2.45, 2.75) is 25.8 Å². The minimum atomic E-state index is -2.84. The minimum absolute atomic E-state index is 0.0833. The molecule has 0 amide bonds. The fourth-order valence-corrected chi connectivity index (χ4v) is 0.391. The van der Waals surface area contributed by atoms with E-state index in [-0.39, 0.29) is 6.61 Å². The topological polar surface area (TPSA) is 35.2 Å². The molecule has 0 saturated carbocycles. The number of alkyl halides is 2. The van der Waals surface area contributed by atoms with E-state index < -0.39 is 12.0 Å². The highest BCUT2D eigenvalue weighted by Gasteiger charge is 2.30. The Morgan fingerprint density at radius 1 is 1.60 bits per heavy atom. The molecule has 2 nitrogen and oxygen atoms in total. The van der Waals surface area contributed by atoms with Crippen LogP contribution in [-0.4, -0.2) is 25.2 Å². The van der Waals surface area contributed by atoms with Gasteiger partial charge in [0.1, 0.15) is 0 Å². The predicted octanol–water partition coefficient (Wildman–Crippen LogP) is 1.01. The summed E-state index contributed by atoms with van der Waals surface area (Å²) in [6.07, 6.45) is 0. The van der Waals surface area contributed by atoms with E-state index in [0.717, 1.165) is 6.92 Å². The molecule has 4 heteroatoms. The standard InChI is InChI=1S/C6H13F2NO/c1-3-10-4-5(9)6(2,7)8/h5H,3-4,9H2,1-2H3. The van der Waals surface area contributed by atoms with Gasteiger partial charge >= 0.3 is 0 Å². The molecule has 0 aliphatic heterocycles. The highest BCUT2D eigenvalue weighted by Crippen LogP contribution is 2.15. The molecule has 0 aliphatic carbocycles. The summed E-state index contributed by atoms with van der Waals surface area (Å²) in [5.74, 6) is -2.84. The molecule has 0 bridgehead atoms. The largest absolute Gasteiger partial charge is 0.380 e. The monoisotopic (exact) mass is 153 g/mol. The molecule has 0 radical (unpaired) electrons. The van der Waals surface area contributed by atoms with Crippen LogP contribution in [0.4, 0.5) is 8.78 Å². The molecule has 2 N–H and O–H groups in total. The molecule has 62 valence electrons. The Kier molecular flexibility index (Phi) is 3.75. The van der Waals surface area contributed by atoms with Gasteiger partial charge in [-0.1, -0.05) is 0 Å². The number of hydrogen-bond acceptors (Lipinski definition) is 2. The predicted molar refractivity (Wildman–Crippen MR) is 35.1 cm³/mol. The highest BCUT2D eigenvalue weighted by molar-refractivity contribution is 4.74. The molecule has 1 atom stereocenters. The fraction of sp³-hybridized carbons (Fsp3) is 1.00. The Morgan fingerprint density at radius 3 is 2.40 bits per heavy atom. The first-order valence-electron chi connectivity index (χ1n) is 3.19. The summed E-state index contributed by atoms with van der Waals surface area (Å²) in [7, 11) is 0. The maximum absolute atomic E-state index is 12.2. The number of ether oxygens (including phenoxy) is 1. The molecule has 0 fully saturated rings. The third kappa shape index (κ3) is 3.74. The zero-order valence-electron chi connectivity index (χ0n) is 6.23.